The summed E-state index contributed by atoms with van der Waals surface area (Å²) in [6.45, 7) is 1.44. The Morgan fingerprint density at radius 3 is 2.71 bits per heavy atom. The first-order valence-corrected chi connectivity index (χ1v) is 7.21. The summed E-state index contributed by atoms with van der Waals surface area (Å²) in [4.78, 5) is 0. The SMILES string of the molecule is NCCNCCS(=O)(=O)Cc1cccc(F)c1. The summed E-state index contributed by atoms with van der Waals surface area (Å²) in [5.41, 5.74) is 5.74. The molecule has 0 unspecified atom stereocenters. The smallest absolute Gasteiger partial charge is 0.155 e. The van der Waals surface area contributed by atoms with Gasteiger partial charge in [0.15, 0.2) is 9.84 Å². The summed E-state index contributed by atoms with van der Waals surface area (Å²) in [5.74, 6) is -0.516. The summed E-state index contributed by atoms with van der Waals surface area (Å²) in [5, 5.41) is 2.91. The highest BCUT2D eigenvalue weighted by molar-refractivity contribution is 7.90. The maximum atomic E-state index is 12.9. The Hall–Kier alpha value is -0.980. The molecule has 0 aliphatic carbocycles. The summed E-state index contributed by atoms with van der Waals surface area (Å²) < 4.78 is 36.2. The van der Waals surface area contributed by atoms with Crippen molar-refractivity contribution in [3.63, 3.8) is 0 Å². The Bertz CT molecular complexity index is 449. The van der Waals surface area contributed by atoms with Gasteiger partial charge in [0, 0.05) is 19.6 Å². The highest BCUT2D eigenvalue weighted by Gasteiger charge is 2.11. The summed E-state index contributed by atoms with van der Waals surface area (Å²) in [7, 11) is -3.20. The molecule has 1 aromatic carbocycles. The Kier molecular flexibility index (Phi) is 5.54. The van der Waals surface area contributed by atoms with E-state index in [1.54, 1.807) is 6.07 Å². The molecule has 0 atom stereocenters. The first kappa shape index (κ1) is 14.1. The van der Waals surface area contributed by atoms with E-state index in [-0.39, 0.29) is 11.5 Å². The van der Waals surface area contributed by atoms with Gasteiger partial charge in [-0.15, -0.1) is 0 Å². The number of nitrogens with two attached hydrogens (primary N) is 1. The van der Waals surface area contributed by atoms with Gasteiger partial charge in [0.05, 0.1) is 11.5 Å². The largest absolute Gasteiger partial charge is 0.329 e. The first-order valence-electron chi connectivity index (χ1n) is 5.39. The van der Waals surface area contributed by atoms with Crippen LogP contribution in [-0.4, -0.2) is 33.8 Å². The molecule has 0 aromatic heterocycles. The molecular formula is C11H17FN2O2S. The Morgan fingerprint density at radius 1 is 1.29 bits per heavy atom. The lowest BCUT2D eigenvalue weighted by Gasteiger charge is -2.05. The normalized spacial score (nSPS) is 11.6. The molecule has 4 nitrogen and oxygen atoms in total. The molecule has 0 aliphatic heterocycles. The number of benzene rings is 1. The van der Waals surface area contributed by atoms with E-state index in [1.165, 1.54) is 18.2 Å². The van der Waals surface area contributed by atoms with Crippen LogP contribution in [0.4, 0.5) is 4.39 Å². The number of hydrogen-bond donors (Lipinski definition) is 2. The maximum absolute atomic E-state index is 12.9. The van der Waals surface area contributed by atoms with E-state index >= 15 is 0 Å². The van der Waals surface area contributed by atoms with Gasteiger partial charge in [-0.3, -0.25) is 0 Å². The Labute approximate surface area is 101 Å². The number of sulfone groups is 1. The Morgan fingerprint density at radius 2 is 2.06 bits per heavy atom. The van der Waals surface area contributed by atoms with Crippen LogP contribution >= 0.6 is 0 Å². The van der Waals surface area contributed by atoms with E-state index in [2.05, 4.69) is 5.32 Å². The van der Waals surface area contributed by atoms with Crippen molar-refractivity contribution in [3.8, 4) is 0 Å². The van der Waals surface area contributed by atoms with Gasteiger partial charge < -0.3 is 11.1 Å². The maximum Gasteiger partial charge on any atom is 0.155 e. The second kappa shape index (κ2) is 6.68. The molecule has 0 heterocycles. The molecule has 6 heteroatoms. The van der Waals surface area contributed by atoms with Crippen LogP contribution < -0.4 is 11.1 Å². The molecular weight excluding hydrogens is 243 g/mol. The fraction of sp³-hybridized carbons (Fsp3) is 0.455. The molecule has 0 fully saturated rings. The van der Waals surface area contributed by atoms with Crippen molar-refractivity contribution in [2.75, 3.05) is 25.4 Å². The van der Waals surface area contributed by atoms with Gasteiger partial charge >= 0.3 is 0 Å². The van der Waals surface area contributed by atoms with Crippen molar-refractivity contribution in [1.29, 1.82) is 0 Å². The van der Waals surface area contributed by atoms with Crippen molar-refractivity contribution in [3.05, 3.63) is 35.6 Å². The van der Waals surface area contributed by atoms with Crippen LogP contribution in [0, 0.1) is 5.82 Å². The van der Waals surface area contributed by atoms with E-state index in [0.29, 0.717) is 25.2 Å². The van der Waals surface area contributed by atoms with Gasteiger partial charge in [0.2, 0.25) is 0 Å². The topological polar surface area (TPSA) is 72.2 Å². The molecule has 0 radical (unpaired) electrons. The number of rotatable bonds is 7. The number of halogens is 1. The molecule has 1 aromatic rings. The predicted octanol–water partition coefficient (Wildman–Crippen LogP) is 0.289. The van der Waals surface area contributed by atoms with Crippen molar-refractivity contribution >= 4 is 9.84 Å². The highest BCUT2D eigenvalue weighted by Crippen LogP contribution is 2.08. The zero-order valence-electron chi connectivity index (χ0n) is 9.52. The zero-order chi connectivity index (χ0) is 12.7. The van der Waals surface area contributed by atoms with Crippen molar-refractivity contribution in [2.24, 2.45) is 5.73 Å². The number of nitrogens with one attached hydrogen (secondary N) is 1. The minimum atomic E-state index is -3.20. The van der Waals surface area contributed by atoms with E-state index in [9.17, 15) is 12.8 Å². The lowest BCUT2D eigenvalue weighted by Crippen LogP contribution is -2.28. The fourth-order valence-electron chi connectivity index (χ4n) is 1.41. The molecule has 96 valence electrons. The summed E-state index contributed by atoms with van der Waals surface area (Å²) in [6.07, 6.45) is 0. The van der Waals surface area contributed by atoms with Gasteiger partial charge in [0.1, 0.15) is 5.82 Å². The molecule has 3 N–H and O–H groups in total. The van der Waals surface area contributed by atoms with Gasteiger partial charge in [-0.25, -0.2) is 12.8 Å². The van der Waals surface area contributed by atoms with Crippen LogP contribution in [0.15, 0.2) is 24.3 Å². The van der Waals surface area contributed by atoms with E-state index in [1.807, 2.05) is 0 Å². The molecule has 17 heavy (non-hydrogen) atoms. The van der Waals surface area contributed by atoms with Crippen LogP contribution in [0.1, 0.15) is 5.56 Å². The van der Waals surface area contributed by atoms with Crippen LogP contribution in [0.25, 0.3) is 0 Å². The minimum absolute atomic E-state index is 0.0313. The van der Waals surface area contributed by atoms with Crippen molar-refractivity contribution in [1.82, 2.24) is 5.32 Å². The monoisotopic (exact) mass is 260 g/mol. The van der Waals surface area contributed by atoms with Crippen LogP contribution in [-0.2, 0) is 15.6 Å². The summed E-state index contributed by atoms with van der Waals surface area (Å²) in [6, 6.07) is 5.64. The molecule has 0 bridgehead atoms. The average molecular weight is 260 g/mol. The molecule has 0 amide bonds. The van der Waals surface area contributed by atoms with Gasteiger partial charge in [-0.2, -0.15) is 0 Å². The van der Waals surface area contributed by atoms with Crippen LogP contribution in [0.5, 0.6) is 0 Å². The third-order valence-electron chi connectivity index (χ3n) is 2.19. The van der Waals surface area contributed by atoms with Gasteiger partial charge in [0.25, 0.3) is 0 Å². The third-order valence-corrected chi connectivity index (χ3v) is 3.79. The first-order chi connectivity index (χ1) is 8.03. The molecule has 0 saturated heterocycles. The molecule has 0 saturated carbocycles. The molecule has 1 rings (SSSR count). The molecule has 0 spiro atoms. The van der Waals surface area contributed by atoms with Crippen LogP contribution in [0.3, 0.4) is 0 Å². The second-order valence-electron chi connectivity index (χ2n) is 3.76. The number of hydrogen-bond acceptors (Lipinski definition) is 4. The van der Waals surface area contributed by atoms with Crippen LogP contribution in [0.2, 0.25) is 0 Å². The predicted molar refractivity (Wildman–Crippen MR) is 65.8 cm³/mol. The van der Waals surface area contributed by atoms with Gasteiger partial charge in [-0.1, -0.05) is 12.1 Å². The zero-order valence-corrected chi connectivity index (χ0v) is 10.3. The van der Waals surface area contributed by atoms with Gasteiger partial charge in [-0.05, 0) is 17.7 Å². The standard InChI is InChI=1S/C11H17FN2O2S/c12-11-3-1-2-10(8-11)9-17(15,16)7-6-14-5-4-13/h1-3,8,14H,4-7,9,13H2. The lowest BCUT2D eigenvalue weighted by molar-refractivity contribution is 0.590. The van der Waals surface area contributed by atoms with E-state index in [4.69, 9.17) is 5.73 Å². The average Bonchev–Trinajstić information content (AvgIpc) is 2.24. The quantitative estimate of drug-likeness (QED) is 0.691. The van der Waals surface area contributed by atoms with Crippen molar-refractivity contribution < 1.29 is 12.8 Å². The second-order valence-corrected chi connectivity index (χ2v) is 5.94. The van der Waals surface area contributed by atoms with E-state index < -0.39 is 15.7 Å². The van der Waals surface area contributed by atoms with Crippen molar-refractivity contribution in [2.45, 2.75) is 5.75 Å². The highest BCUT2D eigenvalue weighted by atomic mass is 32.2. The Balaban J connectivity index is 2.49. The third kappa shape index (κ3) is 5.76. The summed E-state index contributed by atoms with van der Waals surface area (Å²) >= 11 is 0. The minimum Gasteiger partial charge on any atom is -0.329 e. The molecule has 0 aliphatic rings. The van der Waals surface area contributed by atoms with E-state index in [0.717, 1.165) is 0 Å². The lowest BCUT2D eigenvalue weighted by atomic mass is 10.2. The fourth-order valence-corrected chi connectivity index (χ4v) is 2.69.